The van der Waals surface area contributed by atoms with Crippen molar-refractivity contribution in [3.05, 3.63) is 29.3 Å². The first-order chi connectivity index (χ1) is 6.63. The molecule has 0 atom stereocenters. The molecule has 0 N–H and O–H groups in total. The van der Waals surface area contributed by atoms with Crippen molar-refractivity contribution in [2.24, 2.45) is 0 Å². The monoisotopic (exact) mass is 198 g/mol. The molecule has 0 amide bonds. The predicted octanol–water partition coefficient (Wildman–Crippen LogP) is 3.12. The van der Waals surface area contributed by atoms with Gasteiger partial charge in [-0.3, -0.25) is 0 Å². The van der Waals surface area contributed by atoms with Gasteiger partial charge in [0.05, 0.1) is 6.61 Å². The Morgan fingerprint density at radius 2 is 2.21 bits per heavy atom. The van der Waals surface area contributed by atoms with Crippen molar-refractivity contribution in [2.75, 3.05) is 6.61 Å². The van der Waals surface area contributed by atoms with Gasteiger partial charge in [0.2, 0.25) is 0 Å². The van der Waals surface area contributed by atoms with Crippen molar-refractivity contribution in [1.29, 1.82) is 0 Å². The zero-order valence-electron chi connectivity index (χ0n) is 8.02. The highest BCUT2D eigenvalue weighted by Gasteiger charge is 2.30. The fourth-order valence-corrected chi connectivity index (χ4v) is 1.62. The minimum atomic E-state index is -2.71. The van der Waals surface area contributed by atoms with Gasteiger partial charge < -0.3 is 4.74 Å². The van der Waals surface area contributed by atoms with Crippen LogP contribution >= 0.6 is 0 Å². The summed E-state index contributed by atoms with van der Waals surface area (Å²) in [6.45, 7) is 2.10. The SMILES string of the molecule is CCC(F)(F)c1ccc2c(c1)CCO2. The lowest BCUT2D eigenvalue weighted by Gasteiger charge is -2.14. The first-order valence-corrected chi connectivity index (χ1v) is 4.77. The van der Waals surface area contributed by atoms with E-state index in [0.717, 1.165) is 17.7 Å². The summed E-state index contributed by atoms with van der Waals surface area (Å²) >= 11 is 0. The molecule has 1 nitrogen and oxygen atoms in total. The summed E-state index contributed by atoms with van der Waals surface area (Å²) in [6.07, 6.45) is 0.579. The summed E-state index contributed by atoms with van der Waals surface area (Å²) in [7, 11) is 0. The van der Waals surface area contributed by atoms with Crippen LogP contribution in [0.3, 0.4) is 0 Å². The average Bonchev–Trinajstić information content (AvgIpc) is 2.64. The average molecular weight is 198 g/mol. The Morgan fingerprint density at radius 3 is 2.93 bits per heavy atom. The molecule has 1 heterocycles. The van der Waals surface area contributed by atoms with Gasteiger partial charge in [-0.2, -0.15) is 0 Å². The van der Waals surface area contributed by atoms with Crippen molar-refractivity contribution in [3.8, 4) is 5.75 Å². The molecule has 0 aromatic heterocycles. The summed E-state index contributed by atoms with van der Waals surface area (Å²) < 4.78 is 31.9. The molecule has 0 saturated carbocycles. The van der Waals surface area contributed by atoms with E-state index in [1.54, 1.807) is 12.1 Å². The van der Waals surface area contributed by atoms with E-state index in [1.165, 1.54) is 13.0 Å². The molecular weight excluding hydrogens is 186 g/mol. The van der Waals surface area contributed by atoms with Crippen molar-refractivity contribution in [1.82, 2.24) is 0 Å². The molecule has 1 aromatic carbocycles. The van der Waals surface area contributed by atoms with Crippen molar-refractivity contribution in [2.45, 2.75) is 25.7 Å². The highest BCUT2D eigenvalue weighted by Crippen LogP contribution is 2.35. The van der Waals surface area contributed by atoms with Crippen LogP contribution in [0.5, 0.6) is 5.75 Å². The lowest BCUT2D eigenvalue weighted by molar-refractivity contribution is -0.00834. The van der Waals surface area contributed by atoms with E-state index >= 15 is 0 Å². The van der Waals surface area contributed by atoms with E-state index in [4.69, 9.17) is 4.74 Å². The number of hydrogen-bond donors (Lipinski definition) is 0. The quantitative estimate of drug-likeness (QED) is 0.709. The highest BCUT2D eigenvalue weighted by atomic mass is 19.3. The Hall–Kier alpha value is -1.12. The van der Waals surface area contributed by atoms with Gasteiger partial charge in [0.15, 0.2) is 0 Å². The van der Waals surface area contributed by atoms with Crippen LogP contribution in [0.25, 0.3) is 0 Å². The second-order valence-electron chi connectivity index (χ2n) is 3.48. The van der Waals surface area contributed by atoms with E-state index in [-0.39, 0.29) is 12.0 Å². The molecule has 76 valence electrons. The number of halogens is 2. The third kappa shape index (κ3) is 1.47. The zero-order chi connectivity index (χ0) is 10.2. The molecule has 3 heteroatoms. The molecule has 0 aliphatic carbocycles. The third-order valence-corrected chi connectivity index (χ3v) is 2.56. The maximum Gasteiger partial charge on any atom is 0.273 e. The first-order valence-electron chi connectivity index (χ1n) is 4.77. The molecule has 0 saturated heterocycles. The van der Waals surface area contributed by atoms with E-state index in [1.807, 2.05) is 0 Å². The van der Waals surface area contributed by atoms with Gasteiger partial charge in [-0.05, 0) is 23.8 Å². The van der Waals surface area contributed by atoms with Crippen LogP contribution in [0.1, 0.15) is 24.5 Å². The fourth-order valence-electron chi connectivity index (χ4n) is 1.62. The molecular formula is C11H12F2O. The second kappa shape index (κ2) is 3.23. The largest absolute Gasteiger partial charge is 0.493 e. The number of rotatable bonds is 2. The number of fused-ring (bicyclic) bond motifs is 1. The van der Waals surface area contributed by atoms with Crippen molar-refractivity contribution in [3.63, 3.8) is 0 Å². The number of hydrogen-bond acceptors (Lipinski definition) is 1. The number of ether oxygens (including phenoxy) is 1. The fraction of sp³-hybridized carbons (Fsp3) is 0.455. The zero-order valence-corrected chi connectivity index (χ0v) is 8.02. The molecule has 0 unspecified atom stereocenters. The van der Waals surface area contributed by atoms with Gasteiger partial charge in [-0.15, -0.1) is 0 Å². The molecule has 0 spiro atoms. The molecule has 2 rings (SSSR count). The van der Waals surface area contributed by atoms with Crippen LogP contribution in [-0.4, -0.2) is 6.61 Å². The summed E-state index contributed by atoms with van der Waals surface area (Å²) in [5, 5.41) is 0. The van der Waals surface area contributed by atoms with E-state index in [2.05, 4.69) is 0 Å². The summed E-state index contributed by atoms with van der Waals surface area (Å²) in [4.78, 5) is 0. The van der Waals surface area contributed by atoms with E-state index in [0.29, 0.717) is 6.61 Å². The van der Waals surface area contributed by atoms with Crippen LogP contribution in [0.4, 0.5) is 8.78 Å². The molecule has 0 fully saturated rings. The molecule has 14 heavy (non-hydrogen) atoms. The molecule has 1 aromatic rings. The minimum Gasteiger partial charge on any atom is -0.493 e. The lowest BCUT2D eigenvalue weighted by atomic mass is 10.0. The molecule has 0 bridgehead atoms. The minimum absolute atomic E-state index is 0.101. The maximum atomic E-state index is 13.3. The van der Waals surface area contributed by atoms with Gasteiger partial charge >= 0.3 is 0 Å². The van der Waals surface area contributed by atoms with Crippen LogP contribution in [0.2, 0.25) is 0 Å². The lowest BCUT2D eigenvalue weighted by Crippen LogP contribution is -2.11. The van der Waals surface area contributed by atoms with E-state index < -0.39 is 5.92 Å². The van der Waals surface area contributed by atoms with Gasteiger partial charge in [0.25, 0.3) is 5.92 Å². The summed E-state index contributed by atoms with van der Waals surface area (Å²) in [6, 6.07) is 4.65. The standard InChI is InChI=1S/C11H12F2O/c1-2-11(12,13)9-3-4-10-8(7-9)5-6-14-10/h3-4,7H,2,5-6H2,1H3. The Kier molecular flexibility index (Phi) is 2.17. The smallest absolute Gasteiger partial charge is 0.273 e. The summed E-state index contributed by atoms with van der Waals surface area (Å²) in [5.74, 6) is -1.96. The molecule has 1 aliphatic heterocycles. The molecule has 0 radical (unpaired) electrons. The Labute approximate surface area is 81.7 Å². The van der Waals surface area contributed by atoms with Crippen molar-refractivity contribution >= 4 is 0 Å². The topological polar surface area (TPSA) is 9.23 Å². The maximum absolute atomic E-state index is 13.3. The van der Waals surface area contributed by atoms with Crippen LogP contribution in [0, 0.1) is 0 Å². The Morgan fingerprint density at radius 1 is 1.43 bits per heavy atom. The van der Waals surface area contributed by atoms with Gasteiger partial charge in [-0.25, -0.2) is 8.78 Å². The van der Waals surface area contributed by atoms with Gasteiger partial charge in [0, 0.05) is 18.4 Å². The number of alkyl halides is 2. The second-order valence-corrected chi connectivity index (χ2v) is 3.48. The first kappa shape index (κ1) is 9.44. The van der Waals surface area contributed by atoms with Crippen LogP contribution in [0.15, 0.2) is 18.2 Å². The number of benzene rings is 1. The summed E-state index contributed by atoms with van der Waals surface area (Å²) in [5.41, 5.74) is 1.000. The predicted molar refractivity (Wildman–Crippen MR) is 49.8 cm³/mol. The highest BCUT2D eigenvalue weighted by molar-refractivity contribution is 5.41. The van der Waals surface area contributed by atoms with Gasteiger partial charge in [-0.1, -0.05) is 6.92 Å². The van der Waals surface area contributed by atoms with Crippen LogP contribution in [-0.2, 0) is 12.3 Å². The van der Waals surface area contributed by atoms with Crippen LogP contribution < -0.4 is 4.74 Å². The molecule has 1 aliphatic rings. The third-order valence-electron chi connectivity index (χ3n) is 2.56. The van der Waals surface area contributed by atoms with Gasteiger partial charge in [0.1, 0.15) is 5.75 Å². The van der Waals surface area contributed by atoms with Crippen molar-refractivity contribution < 1.29 is 13.5 Å². The van der Waals surface area contributed by atoms with E-state index in [9.17, 15) is 8.78 Å². The normalized spacial score (nSPS) is 15.1. The Bertz CT molecular complexity index is 347. The Balaban J connectivity index is 2.38.